The molecule has 0 bridgehead atoms. The van der Waals surface area contributed by atoms with E-state index in [-0.39, 0.29) is 0 Å². The summed E-state index contributed by atoms with van der Waals surface area (Å²) in [5.41, 5.74) is 2.20. The van der Waals surface area contributed by atoms with Gasteiger partial charge in [0, 0.05) is 11.6 Å². The molecular formula is C13H14BrNO2. The third-order valence-electron chi connectivity index (χ3n) is 2.71. The number of fused-ring (bicyclic) bond motifs is 1. The van der Waals surface area contributed by atoms with Crippen molar-refractivity contribution in [1.82, 2.24) is 4.98 Å². The lowest BCUT2D eigenvalue weighted by atomic mass is 10.1. The summed E-state index contributed by atoms with van der Waals surface area (Å²) >= 11 is 3.54. The minimum atomic E-state index is 0.701. The Labute approximate surface area is 109 Å². The zero-order chi connectivity index (χ0) is 12.4. The van der Waals surface area contributed by atoms with E-state index in [0.29, 0.717) is 5.75 Å². The minimum Gasteiger partial charge on any atom is -0.493 e. The number of allylic oxidation sites excluding steroid dienone is 1. The van der Waals surface area contributed by atoms with Crippen molar-refractivity contribution in [3.05, 3.63) is 35.0 Å². The molecule has 3 nitrogen and oxygen atoms in total. The Morgan fingerprint density at radius 3 is 2.76 bits per heavy atom. The van der Waals surface area contributed by atoms with E-state index in [9.17, 15) is 0 Å². The SMILES string of the molecule is C=CCc1c[nH]c2c(Br)c(OC)c(OC)cc12. The first kappa shape index (κ1) is 12.0. The lowest BCUT2D eigenvalue weighted by molar-refractivity contribution is 0.354. The van der Waals surface area contributed by atoms with Gasteiger partial charge in [0.1, 0.15) is 0 Å². The average Bonchev–Trinajstić information content (AvgIpc) is 2.73. The molecule has 0 aliphatic carbocycles. The van der Waals surface area contributed by atoms with Gasteiger partial charge in [0.15, 0.2) is 11.5 Å². The molecule has 0 atom stereocenters. The maximum Gasteiger partial charge on any atom is 0.177 e. The molecule has 0 radical (unpaired) electrons. The highest BCUT2D eigenvalue weighted by Gasteiger charge is 2.15. The average molecular weight is 296 g/mol. The lowest BCUT2D eigenvalue weighted by Crippen LogP contribution is -1.92. The maximum atomic E-state index is 5.33. The van der Waals surface area contributed by atoms with Crippen molar-refractivity contribution in [2.45, 2.75) is 6.42 Å². The summed E-state index contributed by atoms with van der Waals surface area (Å²) in [5, 5.41) is 1.12. The van der Waals surface area contributed by atoms with Gasteiger partial charge < -0.3 is 14.5 Å². The largest absolute Gasteiger partial charge is 0.493 e. The summed E-state index contributed by atoms with van der Waals surface area (Å²) in [6, 6.07) is 1.98. The monoisotopic (exact) mass is 295 g/mol. The van der Waals surface area contributed by atoms with E-state index < -0.39 is 0 Å². The van der Waals surface area contributed by atoms with Gasteiger partial charge in [0.2, 0.25) is 0 Å². The van der Waals surface area contributed by atoms with Gasteiger partial charge in [-0.2, -0.15) is 0 Å². The summed E-state index contributed by atoms with van der Waals surface area (Å²) in [6.07, 6.45) is 4.69. The van der Waals surface area contributed by atoms with Crippen LogP contribution in [0.3, 0.4) is 0 Å². The van der Waals surface area contributed by atoms with Crippen molar-refractivity contribution >= 4 is 26.8 Å². The Morgan fingerprint density at radius 2 is 2.18 bits per heavy atom. The van der Waals surface area contributed by atoms with Gasteiger partial charge in [-0.1, -0.05) is 6.08 Å². The fourth-order valence-corrected chi connectivity index (χ4v) is 2.59. The molecule has 0 saturated heterocycles. The second-order valence-electron chi connectivity index (χ2n) is 3.66. The highest BCUT2D eigenvalue weighted by Crippen LogP contribution is 2.41. The van der Waals surface area contributed by atoms with E-state index in [2.05, 4.69) is 27.5 Å². The van der Waals surface area contributed by atoms with Crippen LogP contribution in [0.4, 0.5) is 0 Å². The highest BCUT2D eigenvalue weighted by molar-refractivity contribution is 9.10. The molecule has 1 N–H and O–H groups in total. The molecule has 0 amide bonds. The Morgan fingerprint density at radius 1 is 1.41 bits per heavy atom. The van der Waals surface area contributed by atoms with E-state index >= 15 is 0 Å². The fraction of sp³-hybridized carbons (Fsp3) is 0.231. The number of H-pyrrole nitrogens is 1. The molecule has 1 aromatic carbocycles. The minimum absolute atomic E-state index is 0.701. The quantitative estimate of drug-likeness (QED) is 0.873. The summed E-state index contributed by atoms with van der Waals surface area (Å²) in [7, 11) is 3.26. The van der Waals surface area contributed by atoms with Crippen LogP contribution >= 0.6 is 15.9 Å². The van der Waals surface area contributed by atoms with Crippen LogP contribution in [0, 0.1) is 0 Å². The van der Waals surface area contributed by atoms with Crippen LogP contribution in [-0.2, 0) is 6.42 Å². The molecular weight excluding hydrogens is 282 g/mol. The Bertz CT molecular complexity index is 560. The molecule has 0 aliphatic heterocycles. The van der Waals surface area contributed by atoms with Crippen LogP contribution in [-0.4, -0.2) is 19.2 Å². The second-order valence-corrected chi connectivity index (χ2v) is 4.45. The van der Waals surface area contributed by atoms with Gasteiger partial charge >= 0.3 is 0 Å². The van der Waals surface area contributed by atoms with Gasteiger partial charge in [-0.05, 0) is 34.0 Å². The third-order valence-corrected chi connectivity index (χ3v) is 3.47. The standard InChI is InChI=1S/C13H14BrNO2/c1-4-5-8-7-15-12-9(8)6-10(16-2)13(17-3)11(12)14/h4,6-7,15H,1,5H2,2-3H3. The lowest BCUT2D eigenvalue weighted by Gasteiger charge is -2.10. The number of hydrogen-bond donors (Lipinski definition) is 1. The molecule has 90 valence electrons. The van der Waals surface area contributed by atoms with E-state index in [1.807, 2.05) is 18.3 Å². The maximum absolute atomic E-state index is 5.33. The zero-order valence-electron chi connectivity index (χ0n) is 9.84. The number of hydrogen-bond acceptors (Lipinski definition) is 2. The van der Waals surface area contributed by atoms with Gasteiger partial charge in [0.25, 0.3) is 0 Å². The molecule has 0 fully saturated rings. The van der Waals surface area contributed by atoms with Crippen LogP contribution in [0.2, 0.25) is 0 Å². The molecule has 0 saturated carbocycles. The number of benzene rings is 1. The number of halogens is 1. The molecule has 0 unspecified atom stereocenters. The van der Waals surface area contributed by atoms with Gasteiger partial charge in [-0.3, -0.25) is 0 Å². The first-order chi connectivity index (χ1) is 8.22. The van der Waals surface area contributed by atoms with Crippen molar-refractivity contribution in [2.24, 2.45) is 0 Å². The van der Waals surface area contributed by atoms with Crippen LogP contribution in [0.15, 0.2) is 29.4 Å². The summed E-state index contributed by atoms with van der Waals surface area (Å²) < 4.78 is 11.5. The van der Waals surface area contributed by atoms with Gasteiger partial charge in [-0.25, -0.2) is 0 Å². The van der Waals surface area contributed by atoms with Crippen molar-refractivity contribution in [3.63, 3.8) is 0 Å². The first-order valence-electron chi connectivity index (χ1n) is 5.24. The summed E-state index contributed by atoms with van der Waals surface area (Å²) in [4.78, 5) is 3.24. The van der Waals surface area contributed by atoms with Crippen LogP contribution in [0.25, 0.3) is 10.9 Å². The summed E-state index contributed by atoms with van der Waals surface area (Å²) in [5.74, 6) is 1.42. The van der Waals surface area contributed by atoms with E-state index in [0.717, 1.165) is 27.5 Å². The van der Waals surface area contributed by atoms with Crippen LogP contribution in [0.1, 0.15) is 5.56 Å². The molecule has 2 aromatic rings. The third kappa shape index (κ3) is 1.93. The number of methoxy groups -OCH3 is 2. The predicted molar refractivity (Wildman–Crippen MR) is 73.0 cm³/mol. The van der Waals surface area contributed by atoms with Crippen molar-refractivity contribution in [2.75, 3.05) is 14.2 Å². The normalized spacial score (nSPS) is 10.5. The first-order valence-corrected chi connectivity index (χ1v) is 6.03. The fourth-order valence-electron chi connectivity index (χ4n) is 1.91. The Hall–Kier alpha value is -1.42. The van der Waals surface area contributed by atoms with Crippen molar-refractivity contribution in [3.8, 4) is 11.5 Å². The van der Waals surface area contributed by atoms with Gasteiger partial charge in [-0.15, -0.1) is 6.58 Å². The topological polar surface area (TPSA) is 34.2 Å². The van der Waals surface area contributed by atoms with Gasteiger partial charge in [0.05, 0.1) is 24.2 Å². The molecule has 0 aliphatic rings. The molecule has 0 spiro atoms. The zero-order valence-corrected chi connectivity index (χ0v) is 11.4. The number of ether oxygens (including phenoxy) is 2. The number of aromatic nitrogens is 1. The molecule has 1 aromatic heterocycles. The number of aromatic amines is 1. The Balaban J connectivity index is 2.73. The summed E-state index contributed by atoms with van der Waals surface area (Å²) in [6.45, 7) is 3.76. The van der Waals surface area contributed by atoms with Crippen LogP contribution in [0.5, 0.6) is 11.5 Å². The van der Waals surface area contributed by atoms with E-state index in [1.165, 1.54) is 5.56 Å². The van der Waals surface area contributed by atoms with Crippen LogP contribution < -0.4 is 9.47 Å². The molecule has 1 heterocycles. The Kier molecular flexibility index (Phi) is 3.43. The molecule has 2 rings (SSSR count). The smallest absolute Gasteiger partial charge is 0.177 e. The number of rotatable bonds is 4. The van der Waals surface area contributed by atoms with E-state index in [4.69, 9.17) is 9.47 Å². The predicted octanol–water partition coefficient (Wildman–Crippen LogP) is 3.68. The highest BCUT2D eigenvalue weighted by atomic mass is 79.9. The molecule has 4 heteroatoms. The van der Waals surface area contributed by atoms with Crippen molar-refractivity contribution < 1.29 is 9.47 Å². The second kappa shape index (κ2) is 4.84. The molecule has 17 heavy (non-hydrogen) atoms. The van der Waals surface area contributed by atoms with E-state index in [1.54, 1.807) is 14.2 Å². The number of nitrogens with one attached hydrogen (secondary N) is 1. The van der Waals surface area contributed by atoms with Crippen molar-refractivity contribution in [1.29, 1.82) is 0 Å².